The molecule has 2 fully saturated rings. The Labute approximate surface area is 93.6 Å². The van der Waals surface area contributed by atoms with E-state index in [4.69, 9.17) is 0 Å². The minimum absolute atomic E-state index is 0.367. The molecular formula is C14H24O. The van der Waals surface area contributed by atoms with Gasteiger partial charge in [0.05, 0.1) is 0 Å². The predicted octanol–water partition coefficient (Wildman–Crippen LogP) is 3.82. The van der Waals surface area contributed by atoms with Crippen molar-refractivity contribution in [1.29, 1.82) is 0 Å². The van der Waals surface area contributed by atoms with Gasteiger partial charge in [-0.3, -0.25) is 4.79 Å². The summed E-state index contributed by atoms with van der Waals surface area (Å²) in [6.45, 7) is 6.62. The molecule has 0 spiro atoms. The SMILES string of the molecule is CC(=O)C1CC[C@H]2CCC[C@@H](C)[C@@]2(C)C1. The molecule has 2 rings (SSSR count). The Morgan fingerprint density at radius 3 is 2.60 bits per heavy atom. The van der Waals surface area contributed by atoms with Gasteiger partial charge in [-0.2, -0.15) is 0 Å². The van der Waals surface area contributed by atoms with Gasteiger partial charge in [-0.05, 0) is 49.9 Å². The summed E-state index contributed by atoms with van der Waals surface area (Å²) in [5, 5.41) is 0. The maximum absolute atomic E-state index is 11.5. The second-order valence-electron chi connectivity index (χ2n) is 6.12. The van der Waals surface area contributed by atoms with Crippen LogP contribution in [0.1, 0.15) is 59.3 Å². The second-order valence-corrected chi connectivity index (χ2v) is 6.12. The van der Waals surface area contributed by atoms with Gasteiger partial charge in [0.15, 0.2) is 0 Å². The van der Waals surface area contributed by atoms with Gasteiger partial charge in [0.2, 0.25) is 0 Å². The van der Waals surface area contributed by atoms with E-state index in [0.29, 0.717) is 17.1 Å². The molecule has 0 aromatic heterocycles. The lowest BCUT2D eigenvalue weighted by Gasteiger charge is -2.51. The number of rotatable bonds is 1. The van der Waals surface area contributed by atoms with Gasteiger partial charge in [-0.15, -0.1) is 0 Å². The summed E-state index contributed by atoms with van der Waals surface area (Å²) in [4.78, 5) is 11.5. The fourth-order valence-corrected chi connectivity index (χ4v) is 3.96. The quantitative estimate of drug-likeness (QED) is 0.640. The fraction of sp³-hybridized carbons (Fsp3) is 0.929. The summed E-state index contributed by atoms with van der Waals surface area (Å²) in [5.41, 5.74) is 0.465. The molecule has 0 saturated heterocycles. The summed E-state index contributed by atoms with van der Waals surface area (Å²) < 4.78 is 0. The van der Waals surface area contributed by atoms with Gasteiger partial charge < -0.3 is 0 Å². The monoisotopic (exact) mass is 208 g/mol. The Morgan fingerprint density at radius 1 is 1.20 bits per heavy atom. The molecule has 0 aromatic carbocycles. The number of carbonyl (C=O) groups is 1. The molecule has 2 aliphatic carbocycles. The van der Waals surface area contributed by atoms with E-state index >= 15 is 0 Å². The van der Waals surface area contributed by atoms with E-state index in [2.05, 4.69) is 13.8 Å². The van der Waals surface area contributed by atoms with Crippen molar-refractivity contribution < 1.29 is 4.79 Å². The first-order valence-electron chi connectivity index (χ1n) is 6.54. The van der Waals surface area contributed by atoms with E-state index in [1.807, 2.05) is 0 Å². The summed E-state index contributed by atoms with van der Waals surface area (Å²) in [7, 11) is 0. The molecular weight excluding hydrogens is 184 g/mol. The van der Waals surface area contributed by atoms with Crippen LogP contribution in [0.3, 0.4) is 0 Å². The van der Waals surface area contributed by atoms with Gasteiger partial charge in [-0.1, -0.05) is 26.7 Å². The Kier molecular flexibility index (Phi) is 2.92. The topological polar surface area (TPSA) is 17.1 Å². The molecule has 0 amide bonds. The van der Waals surface area contributed by atoms with E-state index in [1.165, 1.54) is 25.7 Å². The largest absolute Gasteiger partial charge is 0.300 e. The van der Waals surface area contributed by atoms with Crippen LogP contribution >= 0.6 is 0 Å². The average Bonchev–Trinajstić information content (AvgIpc) is 2.19. The molecule has 86 valence electrons. The third-order valence-electron chi connectivity index (χ3n) is 5.37. The zero-order valence-electron chi connectivity index (χ0n) is 10.4. The van der Waals surface area contributed by atoms with Crippen molar-refractivity contribution in [3.8, 4) is 0 Å². The van der Waals surface area contributed by atoms with Crippen LogP contribution < -0.4 is 0 Å². The number of fused-ring (bicyclic) bond motifs is 1. The van der Waals surface area contributed by atoms with E-state index in [-0.39, 0.29) is 0 Å². The van der Waals surface area contributed by atoms with Crippen molar-refractivity contribution in [2.24, 2.45) is 23.2 Å². The molecule has 0 N–H and O–H groups in total. The first-order chi connectivity index (χ1) is 7.04. The molecule has 2 saturated carbocycles. The molecule has 1 unspecified atom stereocenters. The van der Waals surface area contributed by atoms with Crippen LogP contribution in [0.25, 0.3) is 0 Å². The second kappa shape index (κ2) is 3.92. The van der Waals surface area contributed by atoms with Crippen molar-refractivity contribution in [3.05, 3.63) is 0 Å². The van der Waals surface area contributed by atoms with Crippen LogP contribution in [0.2, 0.25) is 0 Å². The summed E-state index contributed by atoms with van der Waals surface area (Å²) in [6.07, 6.45) is 7.80. The van der Waals surface area contributed by atoms with E-state index in [1.54, 1.807) is 6.92 Å². The van der Waals surface area contributed by atoms with Gasteiger partial charge in [0.25, 0.3) is 0 Å². The fourth-order valence-electron chi connectivity index (χ4n) is 3.96. The van der Waals surface area contributed by atoms with Crippen LogP contribution in [0.5, 0.6) is 0 Å². The van der Waals surface area contributed by atoms with Crippen LogP contribution in [0.15, 0.2) is 0 Å². The minimum atomic E-state index is 0.367. The zero-order valence-corrected chi connectivity index (χ0v) is 10.4. The Bertz CT molecular complexity index is 258. The lowest BCUT2D eigenvalue weighted by molar-refractivity contribution is -0.125. The van der Waals surface area contributed by atoms with Crippen molar-refractivity contribution in [1.82, 2.24) is 0 Å². The van der Waals surface area contributed by atoms with Crippen LogP contribution in [0.4, 0.5) is 0 Å². The molecule has 1 heteroatoms. The molecule has 2 aliphatic rings. The molecule has 0 radical (unpaired) electrons. The first-order valence-corrected chi connectivity index (χ1v) is 6.54. The third kappa shape index (κ3) is 1.86. The van der Waals surface area contributed by atoms with Gasteiger partial charge in [0.1, 0.15) is 5.78 Å². The lowest BCUT2D eigenvalue weighted by atomic mass is 9.54. The van der Waals surface area contributed by atoms with Crippen LogP contribution in [-0.2, 0) is 4.79 Å². The Morgan fingerprint density at radius 2 is 1.93 bits per heavy atom. The maximum Gasteiger partial charge on any atom is 0.132 e. The number of carbonyl (C=O) groups excluding carboxylic acids is 1. The van der Waals surface area contributed by atoms with E-state index < -0.39 is 0 Å². The van der Waals surface area contributed by atoms with Crippen LogP contribution in [0, 0.1) is 23.2 Å². The summed E-state index contributed by atoms with van der Waals surface area (Å²) >= 11 is 0. The highest BCUT2D eigenvalue weighted by atomic mass is 16.1. The highest BCUT2D eigenvalue weighted by Gasteiger charge is 2.46. The maximum atomic E-state index is 11.5. The molecule has 1 nitrogen and oxygen atoms in total. The van der Waals surface area contributed by atoms with Gasteiger partial charge in [-0.25, -0.2) is 0 Å². The predicted molar refractivity (Wildman–Crippen MR) is 62.6 cm³/mol. The summed E-state index contributed by atoms with van der Waals surface area (Å²) in [6, 6.07) is 0. The Hall–Kier alpha value is -0.330. The van der Waals surface area contributed by atoms with Crippen molar-refractivity contribution >= 4 is 5.78 Å². The van der Waals surface area contributed by atoms with Gasteiger partial charge >= 0.3 is 0 Å². The summed E-state index contributed by atoms with van der Waals surface area (Å²) in [5.74, 6) is 2.51. The third-order valence-corrected chi connectivity index (χ3v) is 5.37. The van der Waals surface area contributed by atoms with E-state index in [0.717, 1.165) is 24.7 Å². The van der Waals surface area contributed by atoms with Crippen LogP contribution in [-0.4, -0.2) is 5.78 Å². The molecule has 0 aromatic rings. The minimum Gasteiger partial charge on any atom is -0.300 e. The molecule has 4 atom stereocenters. The number of hydrogen-bond donors (Lipinski definition) is 0. The number of Topliss-reactive ketones (excluding diaryl/α,β-unsaturated/α-hetero) is 1. The molecule has 15 heavy (non-hydrogen) atoms. The lowest BCUT2D eigenvalue weighted by Crippen LogP contribution is -2.43. The molecule has 0 bridgehead atoms. The van der Waals surface area contributed by atoms with Crippen molar-refractivity contribution in [3.63, 3.8) is 0 Å². The van der Waals surface area contributed by atoms with Gasteiger partial charge in [0, 0.05) is 5.92 Å². The molecule has 0 heterocycles. The normalized spacial score (nSPS) is 45.9. The average molecular weight is 208 g/mol. The molecule has 0 aliphatic heterocycles. The number of ketones is 1. The van der Waals surface area contributed by atoms with E-state index in [9.17, 15) is 4.79 Å². The number of hydrogen-bond acceptors (Lipinski definition) is 1. The highest BCUT2D eigenvalue weighted by Crippen LogP contribution is 2.54. The van der Waals surface area contributed by atoms with Crippen molar-refractivity contribution in [2.45, 2.75) is 59.3 Å². The van der Waals surface area contributed by atoms with Crippen molar-refractivity contribution in [2.75, 3.05) is 0 Å². The zero-order chi connectivity index (χ0) is 11.1. The first kappa shape index (κ1) is 11.2. The Balaban J connectivity index is 2.15. The highest BCUT2D eigenvalue weighted by molar-refractivity contribution is 5.78. The smallest absolute Gasteiger partial charge is 0.132 e. The standard InChI is InChI=1S/C14H24O/c1-10-5-4-6-13-8-7-12(11(2)15)9-14(10,13)3/h10,12-13H,4-9H2,1-3H3/t10-,12?,13-,14-/m1/s1.